The lowest BCUT2D eigenvalue weighted by Gasteiger charge is -2.33. The van der Waals surface area contributed by atoms with Crippen LogP contribution in [0.25, 0.3) is 0 Å². The SMILES string of the molecule is Cc1cncc(N2CCCC(Oc3ccccc3OC(C)C)C2)n1. The van der Waals surface area contributed by atoms with Gasteiger partial charge < -0.3 is 14.4 Å². The lowest BCUT2D eigenvalue weighted by Crippen LogP contribution is -2.41. The summed E-state index contributed by atoms with van der Waals surface area (Å²) in [5.74, 6) is 2.54. The molecule has 3 rings (SSSR count). The maximum atomic E-state index is 6.25. The molecule has 128 valence electrons. The van der Waals surface area contributed by atoms with Crippen molar-refractivity contribution >= 4 is 5.82 Å². The Kier molecular flexibility index (Phi) is 5.18. The molecule has 0 radical (unpaired) electrons. The molecule has 0 saturated carbocycles. The second-order valence-electron chi connectivity index (χ2n) is 6.46. The molecule has 0 amide bonds. The molecule has 0 bridgehead atoms. The maximum absolute atomic E-state index is 6.25. The van der Waals surface area contributed by atoms with Gasteiger partial charge in [0.15, 0.2) is 11.5 Å². The van der Waals surface area contributed by atoms with Crippen LogP contribution in [0.3, 0.4) is 0 Å². The largest absolute Gasteiger partial charge is 0.487 e. The third-order valence-electron chi connectivity index (χ3n) is 3.95. The first-order chi connectivity index (χ1) is 11.6. The summed E-state index contributed by atoms with van der Waals surface area (Å²) in [6.45, 7) is 7.81. The molecule has 5 heteroatoms. The summed E-state index contributed by atoms with van der Waals surface area (Å²) in [5.41, 5.74) is 0.936. The van der Waals surface area contributed by atoms with Crippen molar-refractivity contribution in [3.8, 4) is 11.5 Å². The Balaban J connectivity index is 1.70. The number of aryl methyl sites for hydroxylation is 1. The predicted octanol–water partition coefficient (Wildman–Crippen LogP) is 3.62. The van der Waals surface area contributed by atoms with Gasteiger partial charge in [0.05, 0.1) is 24.5 Å². The van der Waals surface area contributed by atoms with Crippen molar-refractivity contribution in [2.45, 2.75) is 45.8 Å². The third kappa shape index (κ3) is 4.16. The van der Waals surface area contributed by atoms with Gasteiger partial charge in [0.25, 0.3) is 0 Å². The summed E-state index contributed by atoms with van der Waals surface area (Å²) in [5, 5.41) is 0. The van der Waals surface area contributed by atoms with E-state index >= 15 is 0 Å². The number of aromatic nitrogens is 2. The fourth-order valence-corrected chi connectivity index (χ4v) is 2.92. The van der Waals surface area contributed by atoms with Crippen LogP contribution in [-0.4, -0.2) is 35.3 Å². The zero-order valence-electron chi connectivity index (χ0n) is 14.6. The molecule has 0 spiro atoms. The van der Waals surface area contributed by atoms with E-state index in [-0.39, 0.29) is 12.2 Å². The molecule has 0 N–H and O–H groups in total. The van der Waals surface area contributed by atoms with Gasteiger partial charge in [-0.15, -0.1) is 0 Å². The number of piperidine rings is 1. The summed E-state index contributed by atoms with van der Waals surface area (Å²) in [6.07, 6.45) is 5.96. The zero-order valence-corrected chi connectivity index (χ0v) is 14.6. The quantitative estimate of drug-likeness (QED) is 0.839. The fourth-order valence-electron chi connectivity index (χ4n) is 2.92. The van der Waals surface area contributed by atoms with Gasteiger partial charge in [0, 0.05) is 12.7 Å². The summed E-state index contributed by atoms with van der Waals surface area (Å²) in [4.78, 5) is 11.1. The van der Waals surface area contributed by atoms with Crippen LogP contribution in [0.15, 0.2) is 36.7 Å². The number of anilines is 1. The number of benzene rings is 1. The van der Waals surface area contributed by atoms with E-state index < -0.39 is 0 Å². The van der Waals surface area contributed by atoms with Gasteiger partial charge in [-0.25, -0.2) is 4.98 Å². The van der Waals surface area contributed by atoms with Gasteiger partial charge in [0.2, 0.25) is 0 Å². The van der Waals surface area contributed by atoms with Gasteiger partial charge in [-0.05, 0) is 45.7 Å². The molecule has 1 fully saturated rings. The van der Waals surface area contributed by atoms with Crippen LogP contribution in [0.5, 0.6) is 11.5 Å². The summed E-state index contributed by atoms with van der Waals surface area (Å²) >= 11 is 0. The van der Waals surface area contributed by atoms with Gasteiger partial charge in [-0.2, -0.15) is 0 Å². The van der Waals surface area contributed by atoms with E-state index in [4.69, 9.17) is 9.47 Å². The van der Waals surface area contributed by atoms with E-state index in [1.54, 1.807) is 6.20 Å². The highest BCUT2D eigenvalue weighted by atomic mass is 16.5. The van der Waals surface area contributed by atoms with Gasteiger partial charge in [0.1, 0.15) is 11.9 Å². The topological polar surface area (TPSA) is 47.5 Å². The summed E-state index contributed by atoms with van der Waals surface area (Å²) < 4.78 is 12.1. The average Bonchev–Trinajstić information content (AvgIpc) is 2.56. The van der Waals surface area contributed by atoms with Gasteiger partial charge in [-0.1, -0.05) is 12.1 Å². The second-order valence-corrected chi connectivity index (χ2v) is 6.46. The first kappa shape index (κ1) is 16.6. The van der Waals surface area contributed by atoms with Gasteiger partial charge in [-0.3, -0.25) is 4.98 Å². The van der Waals surface area contributed by atoms with E-state index in [2.05, 4.69) is 14.9 Å². The zero-order chi connectivity index (χ0) is 16.9. The Morgan fingerprint density at radius 2 is 1.96 bits per heavy atom. The molecular formula is C19H25N3O2. The number of para-hydroxylation sites is 2. The van der Waals surface area contributed by atoms with E-state index in [0.29, 0.717) is 0 Å². The van der Waals surface area contributed by atoms with Crippen LogP contribution in [0, 0.1) is 6.92 Å². The Morgan fingerprint density at radius 3 is 2.71 bits per heavy atom. The van der Waals surface area contributed by atoms with Crippen molar-refractivity contribution in [2.75, 3.05) is 18.0 Å². The number of hydrogen-bond donors (Lipinski definition) is 0. The molecule has 1 saturated heterocycles. The van der Waals surface area contributed by atoms with Crippen molar-refractivity contribution in [3.63, 3.8) is 0 Å². The third-order valence-corrected chi connectivity index (χ3v) is 3.95. The Hall–Kier alpha value is -2.30. The Bertz CT molecular complexity index is 675. The fraction of sp³-hybridized carbons (Fsp3) is 0.474. The van der Waals surface area contributed by atoms with Crippen LogP contribution >= 0.6 is 0 Å². The Morgan fingerprint density at radius 1 is 1.17 bits per heavy atom. The smallest absolute Gasteiger partial charge is 0.161 e. The van der Waals surface area contributed by atoms with Gasteiger partial charge >= 0.3 is 0 Å². The second kappa shape index (κ2) is 7.51. The molecule has 1 aliphatic rings. The highest BCUT2D eigenvalue weighted by molar-refractivity contribution is 5.41. The number of nitrogens with zero attached hydrogens (tertiary/aromatic N) is 3. The highest BCUT2D eigenvalue weighted by Gasteiger charge is 2.23. The normalized spacial score (nSPS) is 17.8. The number of ether oxygens (including phenoxy) is 2. The maximum Gasteiger partial charge on any atom is 0.161 e. The average molecular weight is 327 g/mol. The minimum atomic E-state index is 0.123. The standard InChI is InChI=1S/C19H25N3O2/c1-14(2)23-17-8-4-5-9-18(17)24-16-7-6-10-22(13-16)19-12-20-11-15(3)21-19/h4-5,8-9,11-12,14,16H,6-7,10,13H2,1-3H3. The monoisotopic (exact) mass is 327 g/mol. The van der Waals surface area contributed by atoms with E-state index in [0.717, 1.165) is 48.9 Å². The molecule has 2 aromatic rings. The van der Waals surface area contributed by atoms with Crippen molar-refractivity contribution in [1.82, 2.24) is 9.97 Å². The molecule has 24 heavy (non-hydrogen) atoms. The van der Waals surface area contributed by atoms with E-state index in [1.807, 2.05) is 51.2 Å². The van der Waals surface area contributed by atoms with Crippen LogP contribution in [0.4, 0.5) is 5.82 Å². The minimum Gasteiger partial charge on any atom is -0.487 e. The summed E-state index contributed by atoms with van der Waals surface area (Å²) in [6, 6.07) is 7.89. The molecule has 5 nitrogen and oxygen atoms in total. The summed E-state index contributed by atoms with van der Waals surface area (Å²) in [7, 11) is 0. The van der Waals surface area contributed by atoms with Crippen molar-refractivity contribution in [3.05, 3.63) is 42.4 Å². The molecule has 2 heterocycles. The van der Waals surface area contributed by atoms with Crippen molar-refractivity contribution in [2.24, 2.45) is 0 Å². The minimum absolute atomic E-state index is 0.123. The highest BCUT2D eigenvalue weighted by Crippen LogP contribution is 2.30. The van der Waals surface area contributed by atoms with Crippen molar-refractivity contribution in [1.29, 1.82) is 0 Å². The van der Waals surface area contributed by atoms with E-state index in [9.17, 15) is 0 Å². The van der Waals surface area contributed by atoms with Crippen molar-refractivity contribution < 1.29 is 9.47 Å². The molecule has 1 unspecified atom stereocenters. The van der Waals surface area contributed by atoms with Crippen LogP contribution < -0.4 is 14.4 Å². The predicted molar refractivity (Wildman–Crippen MR) is 94.8 cm³/mol. The lowest BCUT2D eigenvalue weighted by atomic mass is 10.1. The van der Waals surface area contributed by atoms with E-state index in [1.165, 1.54) is 0 Å². The molecular weight excluding hydrogens is 302 g/mol. The van der Waals surface area contributed by atoms with Crippen LogP contribution in [0.2, 0.25) is 0 Å². The Labute approximate surface area is 143 Å². The molecule has 0 aliphatic carbocycles. The first-order valence-electron chi connectivity index (χ1n) is 8.58. The number of hydrogen-bond acceptors (Lipinski definition) is 5. The first-order valence-corrected chi connectivity index (χ1v) is 8.58. The molecule has 1 aromatic heterocycles. The van der Waals surface area contributed by atoms with Crippen LogP contribution in [-0.2, 0) is 0 Å². The van der Waals surface area contributed by atoms with Crippen LogP contribution in [0.1, 0.15) is 32.4 Å². The molecule has 1 atom stereocenters. The lowest BCUT2D eigenvalue weighted by molar-refractivity contribution is 0.161. The number of rotatable bonds is 5. The molecule has 1 aliphatic heterocycles. The molecule has 1 aromatic carbocycles.